The van der Waals surface area contributed by atoms with Gasteiger partial charge in [0.05, 0.1) is 19.6 Å². The van der Waals surface area contributed by atoms with Gasteiger partial charge in [-0.2, -0.15) is 0 Å². The Labute approximate surface area is 179 Å². The zero-order valence-corrected chi connectivity index (χ0v) is 17.1. The summed E-state index contributed by atoms with van der Waals surface area (Å²) < 4.78 is 10.4. The van der Waals surface area contributed by atoms with Crippen LogP contribution < -0.4 is 20.4 Å². The number of hydrogen-bond acceptors (Lipinski definition) is 5. The molecule has 1 atom stereocenters. The van der Waals surface area contributed by atoms with Crippen molar-refractivity contribution in [3.63, 3.8) is 0 Å². The highest BCUT2D eigenvalue weighted by Gasteiger charge is 2.32. The Morgan fingerprint density at radius 2 is 1.67 bits per heavy atom. The van der Waals surface area contributed by atoms with E-state index < -0.39 is 6.09 Å². The van der Waals surface area contributed by atoms with E-state index in [1.165, 1.54) is 0 Å². The van der Waals surface area contributed by atoms with Crippen LogP contribution in [0.3, 0.4) is 0 Å². The van der Waals surface area contributed by atoms with Gasteiger partial charge in [0, 0.05) is 17.9 Å². The van der Waals surface area contributed by atoms with Crippen LogP contribution in [-0.2, 0) is 16.0 Å². The van der Waals surface area contributed by atoms with Crippen LogP contribution in [0.5, 0.6) is 0 Å². The topological polar surface area (TPSA) is 83.1 Å². The molecule has 9 heteroatoms. The minimum atomic E-state index is -0.404. The Morgan fingerprint density at radius 3 is 2.33 bits per heavy atom. The molecule has 2 saturated heterocycles. The van der Waals surface area contributed by atoms with Crippen LogP contribution in [0.2, 0.25) is 0 Å². The Bertz CT molecular complexity index is 922. The maximum Gasteiger partial charge on any atom is 0.414 e. The van der Waals surface area contributed by atoms with Crippen LogP contribution in [0.4, 0.5) is 21.0 Å². The molecule has 1 unspecified atom stereocenters. The highest BCUT2D eigenvalue weighted by molar-refractivity contribution is 7.80. The fourth-order valence-electron chi connectivity index (χ4n) is 3.33. The summed E-state index contributed by atoms with van der Waals surface area (Å²) in [5, 5.41) is 6.74. The van der Waals surface area contributed by atoms with Gasteiger partial charge in [-0.3, -0.25) is 9.80 Å². The van der Waals surface area contributed by atoms with Gasteiger partial charge in [0.25, 0.3) is 0 Å². The minimum Gasteiger partial charge on any atom is -0.447 e. The Morgan fingerprint density at radius 1 is 0.967 bits per heavy atom. The average Bonchev–Trinajstić information content (AvgIpc) is 3.37. The first-order valence-electron chi connectivity index (χ1n) is 9.68. The first-order chi connectivity index (χ1) is 14.6. The van der Waals surface area contributed by atoms with Crippen LogP contribution in [0.25, 0.3) is 0 Å². The molecule has 30 heavy (non-hydrogen) atoms. The Balaban J connectivity index is 1.26. The van der Waals surface area contributed by atoms with E-state index in [0.29, 0.717) is 43.6 Å². The monoisotopic (exact) mass is 426 g/mol. The van der Waals surface area contributed by atoms with Crippen molar-refractivity contribution in [2.24, 2.45) is 0 Å². The molecule has 156 valence electrons. The lowest BCUT2D eigenvalue weighted by Crippen LogP contribution is -2.40. The van der Waals surface area contributed by atoms with E-state index in [1.807, 2.05) is 30.3 Å². The fourth-order valence-corrected chi connectivity index (χ4v) is 3.48. The van der Waals surface area contributed by atoms with E-state index in [2.05, 4.69) is 10.6 Å². The number of anilines is 2. The van der Waals surface area contributed by atoms with E-state index in [0.717, 1.165) is 11.3 Å². The van der Waals surface area contributed by atoms with Crippen LogP contribution >= 0.6 is 12.2 Å². The van der Waals surface area contributed by atoms with Gasteiger partial charge in [0.1, 0.15) is 12.7 Å². The number of hydrogen-bond donors (Lipinski definition) is 2. The molecular formula is C21H22N4O4S. The number of nitrogens with one attached hydrogen (secondary N) is 2. The lowest BCUT2D eigenvalue weighted by Gasteiger charge is -2.16. The van der Waals surface area contributed by atoms with Gasteiger partial charge in [-0.15, -0.1) is 0 Å². The molecule has 0 saturated carbocycles. The number of carbonyl (C=O) groups excluding carboxylic acids is 2. The minimum absolute atomic E-state index is 0.317. The maximum atomic E-state index is 12.3. The van der Waals surface area contributed by atoms with Crippen molar-refractivity contribution in [3.8, 4) is 0 Å². The molecule has 2 aliphatic rings. The van der Waals surface area contributed by atoms with Crippen LogP contribution in [0.1, 0.15) is 5.56 Å². The lowest BCUT2D eigenvalue weighted by molar-refractivity contribution is 0.142. The van der Waals surface area contributed by atoms with Crippen molar-refractivity contribution in [3.05, 3.63) is 60.2 Å². The summed E-state index contributed by atoms with van der Waals surface area (Å²) >= 11 is 5.30. The summed E-state index contributed by atoms with van der Waals surface area (Å²) in [7, 11) is 0. The molecule has 8 nitrogen and oxygen atoms in total. The van der Waals surface area contributed by atoms with Gasteiger partial charge in [-0.1, -0.05) is 30.3 Å². The van der Waals surface area contributed by atoms with Gasteiger partial charge >= 0.3 is 12.2 Å². The number of cyclic esters (lactones) is 2. The number of nitrogens with zero attached hydrogens (tertiary/aromatic N) is 2. The number of carbonyl (C=O) groups is 2. The van der Waals surface area contributed by atoms with E-state index in [-0.39, 0.29) is 12.2 Å². The number of thiocarbonyl (C=S) groups is 1. The normalized spacial score (nSPS) is 18.2. The van der Waals surface area contributed by atoms with Crippen LogP contribution in [-0.4, -0.2) is 49.6 Å². The smallest absolute Gasteiger partial charge is 0.414 e. The second-order valence-corrected chi connectivity index (χ2v) is 7.36. The molecule has 2 amide bonds. The molecule has 0 spiro atoms. The number of benzene rings is 2. The van der Waals surface area contributed by atoms with Crippen molar-refractivity contribution < 1.29 is 19.1 Å². The summed E-state index contributed by atoms with van der Waals surface area (Å²) in [6.07, 6.45) is -1.08. The first kappa shape index (κ1) is 20.0. The zero-order chi connectivity index (χ0) is 20.9. The number of amides is 2. The third-order valence-corrected chi connectivity index (χ3v) is 5.18. The summed E-state index contributed by atoms with van der Waals surface area (Å²) in [6, 6.07) is 17.1. The largest absolute Gasteiger partial charge is 0.447 e. The van der Waals surface area contributed by atoms with Crippen molar-refractivity contribution in [1.82, 2.24) is 10.6 Å². The molecule has 2 aliphatic heterocycles. The molecule has 2 fully saturated rings. The van der Waals surface area contributed by atoms with Gasteiger partial charge < -0.3 is 20.1 Å². The van der Waals surface area contributed by atoms with E-state index >= 15 is 0 Å². The van der Waals surface area contributed by atoms with Crippen LogP contribution in [0, 0.1) is 0 Å². The predicted molar refractivity (Wildman–Crippen MR) is 117 cm³/mol. The fraction of sp³-hybridized carbons (Fsp3) is 0.286. The lowest BCUT2D eigenvalue weighted by atomic mass is 10.2. The molecule has 0 radical (unpaired) electrons. The van der Waals surface area contributed by atoms with Gasteiger partial charge in [-0.25, -0.2) is 9.59 Å². The van der Waals surface area contributed by atoms with Gasteiger partial charge in [-0.05, 0) is 42.0 Å². The molecule has 0 bridgehead atoms. The highest BCUT2D eigenvalue weighted by atomic mass is 32.1. The third-order valence-electron chi connectivity index (χ3n) is 4.89. The number of ether oxygens (including phenoxy) is 2. The summed E-state index contributed by atoms with van der Waals surface area (Å²) in [6.45, 7) is 2.37. The maximum absolute atomic E-state index is 12.3. The molecule has 2 aromatic carbocycles. The predicted octanol–water partition coefficient (Wildman–Crippen LogP) is 2.63. The van der Waals surface area contributed by atoms with E-state index in [1.54, 1.807) is 34.1 Å². The summed E-state index contributed by atoms with van der Waals surface area (Å²) in [5.41, 5.74) is 2.58. The SMILES string of the molecule is O=C1OCCN1c1ccc(N2CC(CNC(=S)NCc3ccccc3)OC2=O)cc1. The standard InChI is InChI=1S/C21H22N4O4S/c26-20-24(10-11-28-20)16-6-8-17(9-7-16)25-14-18(29-21(25)27)13-23-19(30)22-12-15-4-2-1-3-5-15/h1-9,18H,10-14H2,(H2,22,23,30). The second kappa shape index (κ2) is 9.00. The molecule has 0 aliphatic carbocycles. The highest BCUT2D eigenvalue weighted by Crippen LogP contribution is 2.26. The van der Waals surface area contributed by atoms with Crippen molar-refractivity contribution in [2.75, 3.05) is 36.0 Å². The quantitative estimate of drug-likeness (QED) is 0.687. The molecule has 2 aromatic rings. The number of rotatable bonds is 6. The van der Waals surface area contributed by atoms with Crippen molar-refractivity contribution in [2.45, 2.75) is 12.6 Å². The van der Waals surface area contributed by atoms with E-state index in [4.69, 9.17) is 21.7 Å². The second-order valence-electron chi connectivity index (χ2n) is 6.95. The summed E-state index contributed by atoms with van der Waals surface area (Å²) in [4.78, 5) is 27.1. The van der Waals surface area contributed by atoms with E-state index in [9.17, 15) is 9.59 Å². The molecule has 0 aromatic heterocycles. The van der Waals surface area contributed by atoms with Crippen molar-refractivity contribution >= 4 is 40.9 Å². The first-order valence-corrected chi connectivity index (χ1v) is 10.1. The van der Waals surface area contributed by atoms with Gasteiger partial charge in [0.2, 0.25) is 0 Å². The molecule has 4 rings (SSSR count). The Hall–Kier alpha value is -3.33. The molecule has 2 heterocycles. The Kier molecular flexibility index (Phi) is 5.99. The molecular weight excluding hydrogens is 404 g/mol. The average molecular weight is 426 g/mol. The summed E-state index contributed by atoms with van der Waals surface area (Å²) in [5.74, 6) is 0. The van der Waals surface area contributed by atoms with Gasteiger partial charge in [0.15, 0.2) is 5.11 Å². The van der Waals surface area contributed by atoms with Crippen LogP contribution in [0.15, 0.2) is 54.6 Å². The molecule has 2 N–H and O–H groups in total. The third kappa shape index (κ3) is 4.62. The van der Waals surface area contributed by atoms with Crippen molar-refractivity contribution in [1.29, 1.82) is 0 Å². The zero-order valence-electron chi connectivity index (χ0n) is 16.2.